The van der Waals surface area contributed by atoms with Crippen molar-refractivity contribution in [3.63, 3.8) is 0 Å². The lowest BCUT2D eigenvalue weighted by Gasteiger charge is -2.17. The number of hydrogen-bond acceptors (Lipinski definition) is 7. The number of amides is 1. The molecule has 1 aliphatic rings. The predicted molar refractivity (Wildman–Crippen MR) is 109 cm³/mol. The molecule has 9 heteroatoms. The normalized spacial score (nSPS) is 15.6. The van der Waals surface area contributed by atoms with Gasteiger partial charge in [-0.3, -0.25) is 4.79 Å². The number of para-hydroxylation sites is 1. The number of rotatable bonds is 5. The Balaban J connectivity index is 1.44. The van der Waals surface area contributed by atoms with E-state index in [1.807, 2.05) is 30.3 Å². The standard InChI is InChI=1S/C19H18N6OS2/c1-12-7-8-14-15(10-20)18(28-16(14)9-12)21-17(26)11-27-19-22-23-24-25(19)13-5-3-2-4-6-13/h2-6,12H,7-9,11H2,1H3,(H,21,26)/t12-/m0/s1. The Bertz CT molecular complexity index is 1040. The van der Waals surface area contributed by atoms with Crippen molar-refractivity contribution in [2.45, 2.75) is 31.3 Å². The van der Waals surface area contributed by atoms with Gasteiger partial charge in [-0.1, -0.05) is 36.9 Å². The molecule has 7 nitrogen and oxygen atoms in total. The molecule has 1 N–H and O–H groups in total. The molecule has 142 valence electrons. The summed E-state index contributed by atoms with van der Waals surface area (Å²) in [7, 11) is 0. The molecule has 1 aromatic carbocycles. The van der Waals surface area contributed by atoms with Crippen LogP contribution in [0.5, 0.6) is 0 Å². The average molecular weight is 411 g/mol. The fourth-order valence-corrected chi connectivity index (χ4v) is 5.32. The minimum atomic E-state index is -0.171. The first-order valence-corrected chi connectivity index (χ1v) is 10.8. The van der Waals surface area contributed by atoms with Crippen LogP contribution < -0.4 is 5.32 Å². The fraction of sp³-hybridized carbons (Fsp3) is 0.316. The van der Waals surface area contributed by atoms with E-state index in [4.69, 9.17) is 0 Å². The Morgan fingerprint density at radius 3 is 3.04 bits per heavy atom. The van der Waals surface area contributed by atoms with Crippen molar-refractivity contribution in [3.8, 4) is 11.8 Å². The molecule has 1 amide bonds. The summed E-state index contributed by atoms with van der Waals surface area (Å²) < 4.78 is 1.60. The van der Waals surface area contributed by atoms with E-state index in [0.29, 0.717) is 21.6 Å². The molecular weight excluding hydrogens is 392 g/mol. The molecule has 2 heterocycles. The molecule has 2 aromatic heterocycles. The second kappa shape index (κ2) is 8.12. The molecule has 1 atom stereocenters. The van der Waals surface area contributed by atoms with Gasteiger partial charge in [-0.15, -0.1) is 16.4 Å². The average Bonchev–Trinajstić information content (AvgIpc) is 3.30. The number of nitrogens with zero attached hydrogens (tertiary/aromatic N) is 5. The quantitative estimate of drug-likeness (QED) is 0.647. The number of carbonyl (C=O) groups is 1. The molecule has 0 unspecified atom stereocenters. The number of nitrogens with one attached hydrogen (secondary N) is 1. The lowest BCUT2D eigenvalue weighted by Crippen LogP contribution is -2.14. The zero-order valence-corrected chi connectivity index (χ0v) is 16.9. The number of fused-ring (bicyclic) bond motifs is 1. The van der Waals surface area contributed by atoms with E-state index in [0.717, 1.165) is 30.5 Å². The molecule has 28 heavy (non-hydrogen) atoms. The topological polar surface area (TPSA) is 96.5 Å². The maximum Gasteiger partial charge on any atom is 0.235 e. The molecule has 3 aromatic rings. The van der Waals surface area contributed by atoms with Crippen LogP contribution in [-0.4, -0.2) is 31.9 Å². The number of thioether (sulfide) groups is 1. The van der Waals surface area contributed by atoms with Gasteiger partial charge < -0.3 is 5.32 Å². The van der Waals surface area contributed by atoms with Gasteiger partial charge in [0.1, 0.15) is 11.1 Å². The van der Waals surface area contributed by atoms with E-state index in [9.17, 15) is 10.1 Å². The summed E-state index contributed by atoms with van der Waals surface area (Å²) in [5.41, 5.74) is 2.57. The second-order valence-corrected chi connectivity index (χ2v) is 8.76. The zero-order chi connectivity index (χ0) is 19.5. The number of tetrazole rings is 1. The van der Waals surface area contributed by atoms with E-state index in [2.05, 4.69) is 33.8 Å². The molecule has 0 bridgehead atoms. The largest absolute Gasteiger partial charge is 0.316 e. The SMILES string of the molecule is C[C@H]1CCc2c(sc(NC(=O)CSc3nnnn3-c3ccccc3)c2C#N)C1. The number of benzene rings is 1. The van der Waals surface area contributed by atoms with Gasteiger partial charge in [0.05, 0.1) is 17.0 Å². The number of thiophene rings is 1. The first kappa shape index (κ1) is 18.7. The lowest BCUT2D eigenvalue weighted by molar-refractivity contribution is -0.113. The Kier molecular flexibility index (Phi) is 5.41. The van der Waals surface area contributed by atoms with E-state index in [-0.39, 0.29) is 11.7 Å². The zero-order valence-electron chi connectivity index (χ0n) is 15.3. The molecule has 0 fully saturated rings. The number of aromatic nitrogens is 4. The van der Waals surface area contributed by atoms with Gasteiger partial charge >= 0.3 is 0 Å². The van der Waals surface area contributed by atoms with Crippen LogP contribution in [-0.2, 0) is 17.6 Å². The smallest absolute Gasteiger partial charge is 0.235 e. The van der Waals surface area contributed by atoms with Gasteiger partial charge in [0.25, 0.3) is 0 Å². The molecule has 0 saturated carbocycles. The summed E-state index contributed by atoms with van der Waals surface area (Å²) in [6, 6.07) is 11.8. The summed E-state index contributed by atoms with van der Waals surface area (Å²) in [6.45, 7) is 2.22. The lowest BCUT2D eigenvalue weighted by atomic mass is 9.89. The molecular formula is C19H18N6OS2. The third-order valence-corrected chi connectivity index (χ3v) is 6.74. The van der Waals surface area contributed by atoms with Gasteiger partial charge in [-0.25, -0.2) is 0 Å². The highest BCUT2D eigenvalue weighted by Crippen LogP contribution is 2.39. The van der Waals surface area contributed by atoms with Gasteiger partial charge in [0.2, 0.25) is 11.1 Å². The van der Waals surface area contributed by atoms with E-state index in [1.165, 1.54) is 28.0 Å². The van der Waals surface area contributed by atoms with Gasteiger partial charge in [-0.2, -0.15) is 9.94 Å². The maximum absolute atomic E-state index is 12.5. The van der Waals surface area contributed by atoms with E-state index in [1.54, 1.807) is 4.68 Å². The summed E-state index contributed by atoms with van der Waals surface area (Å²) in [5, 5.41) is 25.4. The van der Waals surface area contributed by atoms with Crippen LogP contribution in [0.3, 0.4) is 0 Å². The van der Waals surface area contributed by atoms with Gasteiger partial charge in [0, 0.05) is 4.88 Å². The third kappa shape index (κ3) is 3.79. The highest BCUT2D eigenvalue weighted by molar-refractivity contribution is 7.99. The second-order valence-electron chi connectivity index (χ2n) is 6.71. The Morgan fingerprint density at radius 1 is 1.43 bits per heavy atom. The third-order valence-electron chi connectivity index (χ3n) is 4.65. The number of hydrogen-bond donors (Lipinski definition) is 1. The van der Waals surface area contributed by atoms with Crippen LogP contribution in [0.4, 0.5) is 5.00 Å². The first-order chi connectivity index (χ1) is 13.7. The van der Waals surface area contributed by atoms with Crippen molar-refractivity contribution in [1.82, 2.24) is 20.2 Å². The number of nitriles is 1. The highest BCUT2D eigenvalue weighted by atomic mass is 32.2. The number of carbonyl (C=O) groups excluding carboxylic acids is 1. The Labute approximate surface area is 170 Å². The Hall–Kier alpha value is -2.70. The van der Waals surface area contributed by atoms with Crippen molar-refractivity contribution in [2.75, 3.05) is 11.1 Å². The molecule has 0 aliphatic heterocycles. The summed E-state index contributed by atoms with van der Waals surface area (Å²) >= 11 is 2.79. The summed E-state index contributed by atoms with van der Waals surface area (Å²) in [5.74, 6) is 0.612. The monoisotopic (exact) mass is 410 g/mol. The van der Waals surface area contributed by atoms with Crippen molar-refractivity contribution in [2.24, 2.45) is 5.92 Å². The van der Waals surface area contributed by atoms with Gasteiger partial charge in [-0.05, 0) is 53.3 Å². The fourth-order valence-electron chi connectivity index (χ4n) is 3.25. The minimum absolute atomic E-state index is 0.164. The van der Waals surface area contributed by atoms with Crippen LogP contribution in [0.25, 0.3) is 5.69 Å². The van der Waals surface area contributed by atoms with Crippen LogP contribution in [0, 0.1) is 17.2 Å². The van der Waals surface area contributed by atoms with Crippen molar-refractivity contribution in [3.05, 3.63) is 46.3 Å². The highest BCUT2D eigenvalue weighted by Gasteiger charge is 2.24. The first-order valence-electron chi connectivity index (χ1n) is 8.96. The van der Waals surface area contributed by atoms with Crippen molar-refractivity contribution >= 4 is 34.0 Å². The summed E-state index contributed by atoms with van der Waals surface area (Å²) in [6.07, 6.45) is 2.97. The van der Waals surface area contributed by atoms with Crippen LogP contribution in [0.2, 0.25) is 0 Å². The van der Waals surface area contributed by atoms with E-state index < -0.39 is 0 Å². The van der Waals surface area contributed by atoms with Crippen LogP contribution in [0.15, 0.2) is 35.5 Å². The summed E-state index contributed by atoms with van der Waals surface area (Å²) in [4.78, 5) is 13.7. The van der Waals surface area contributed by atoms with Crippen LogP contribution >= 0.6 is 23.1 Å². The molecule has 0 saturated heterocycles. The van der Waals surface area contributed by atoms with Crippen molar-refractivity contribution in [1.29, 1.82) is 5.26 Å². The minimum Gasteiger partial charge on any atom is -0.316 e. The Morgan fingerprint density at radius 2 is 2.25 bits per heavy atom. The van der Waals surface area contributed by atoms with Crippen LogP contribution in [0.1, 0.15) is 29.3 Å². The maximum atomic E-state index is 12.5. The number of anilines is 1. The van der Waals surface area contributed by atoms with Crippen molar-refractivity contribution < 1.29 is 4.79 Å². The molecule has 0 radical (unpaired) electrons. The molecule has 1 aliphatic carbocycles. The molecule has 4 rings (SSSR count). The van der Waals surface area contributed by atoms with E-state index >= 15 is 0 Å². The van der Waals surface area contributed by atoms with Gasteiger partial charge in [0.15, 0.2) is 0 Å². The predicted octanol–water partition coefficient (Wildman–Crippen LogP) is 3.45. The molecule has 0 spiro atoms.